The number of nitrogens with zero attached hydrogens (tertiary/aromatic N) is 1. The van der Waals surface area contributed by atoms with Crippen LogP contribution in [0.15, 0.2) is 22.7 Å². The average Bonchev–Trinajstić information content (AvgIpc) is 2.16. The number of methoxy groups -OCH3 is 1. The Kier molecular flexibility index (Phi) is 5.25. The zero-order valence-electron chi connectivity index (χ0n) is 10.0. The number of nitrogens with two attached hydrogens (primary N) is 1. The molecule has 1 atom stereocenters. The van der Waals surface area contributed by atoms with Gasteiger partial charge in [-0.25, -0.2) is 0 Å². The lowest BCUT2D eigenvalue weighted by Gasteiger charge is -2.20. The summed E-state index contributed by atoms with van der Waals surface area (Å²) >= 11 is 3.47. The molecular formula is C12H19BrN2O. The molecule has 1 rings (SSSR count). The van der Waals surface area contributed by atoms with Crippen LogP contribution in [0.1, 0.15) is 12.5 Å². The Bertz CT molecular complexity index is 342. The number of halogens is 1. The summed E-state index contributed by atoms with van der Waals surface area (Å²) in [6, 6.07) is 6.21. The molecule has 3 nitrogen and oxygen atoms in total. The van der Waals surface area contributed by atoms with Crippen LogP contribution in [0.4, 0.5) is 0 Å². The summed E-state index contributed by atoms with van der Waals surface area (Å²) in [5.74, 6) is 0.916. The van der Waals surface area contributed by atoms with Crippen LogP contribution in [0.5, 0.6) is 5.75 Å². The van der Waals surface area contributed by atoms with Gasteiger partial charge in [0, 0.05) is 29.2 Å². The summed E-state index contributed by atoms with van der Waals surface area (Å²) in [7, 11) is 3.75. The fourth-order valence-corrected chi connectivity index (χ4v) is 2.13. The van der Waals surface area contributed by atoms with Crippen LogP contribution in [0.3, 0.4) is 0 Å². The monoisotopic (exact) mass is 286 g/mol. The van der Waals surface area contributed by atoms with Crippen LogP contribution >= 0.6 is 15.9 Å². The number of likely N-dealkylation sites (N-methyl/N-ethyl adjacent to an activating group) is 1. The summed E-state index contributed by atoms with van der Waals surface area (Å²) in [5.41, 5.74) is 6.93. The molecule has 16 heavy (non-hydrogen) atoms. The van der Waals surface area contributed by atoms with Gasteiger partial charge < -0.3 is 15.4 Å². The number of hydrogen-bond acceptors (Lipinski definition) is 3. The Hall–Kier alpha value is -0.580. The van der Waals surface area contributed by atoms with Crippen LogP contribution in [0.25, 0.3) is 0 Å². The highest BCUT2D eigenvalue weighted by atomic mass is 79.9. The number of benzene rings is 1. The van der Waals surface area contributed by atoms with Gasteiger partial charge >= 0.3 is 0 Å². The van der Waals surface area contributed by atoms with Crippen molar-refractivity contribution < 1.29 is 4.74 Å². The molecule has 0 aliphatic carbocycles. The Morgan fingerprint density at radius 2 is 2.19 bits per heavy atom. The molecule has 90 valence electrons. The van der Waals surface area contributed by atoms with Crippen molar-refractivity contribution >= 4 is 15.9 Å². The molecule has 0 heterocycles. The van der Waals surface area contributed by atoms with Gasteiger partial charge in [0.2, 0.25) is 0 Å². The smallest absolute Gasteiger partial charge is 0.123 e. The molecule has 0 saturated carbocycles. The van der Waals surface area contributed by atoms with Crippen LogP contribution in [0, 0.1) is 0 Å². The summed E-state index contributed by atoms with van der Waals surface area (Å²) < 4.78 is 6.39. The molecule has 1 aromatic rings. The van der Waals surface area contributed by atoms with E-state index < -0.39 is 0 Å². The fourth-order valence-electron chi connectivity index (χ4n) is 1.72. The zero-order valence-corrected chi connectivity index (χ0v) is 11.6. The Morgan fingerprint density at radius 1 is 1.50 bits per heavy atom. The van der Waals surface area contributed by atoms with Gasteiger partial charge in [-0.3, -0.25) is 0 Å². The van der Waals surface area contributed by atoms with Gasteiger partial charge in [0.05, 0.1) is 7.11 Å². The van der Waals surface area contributed by atoms with E-state index in [-0.39, 0.29) is 6.04 Å². The van der Waals surface area contributed by atoms with Gasteiger partial charge in [0.15, 0.2) is 0 Å². The van der Waals surface area contributed by atoms with E-state index in [4.69, 9.17) is 10.5 Å². The minimum Gasteiger partial charge on any atom is -0.496 e. The van der Waals surface area contributed by atoms with Crippen molar-refractivity contribution in [1.82, 2.24) is 4.90 Å². The number of hydrogen-bond donors (Lipinski definition) is 1. The molecule has 0 amide bonds. The third-order valence-corrected chi connectivity index (χ3v) is 2.78. The lowest BCUT2D eigenvalue weighted by atomic mass is 10.2. The normalized spacial score (nSPS) is 12.9. The standard InChI is InChI=1S/C12H19BrN2O/c1-9(14)7-15(2)8-10-6-11(13)4-5-12(10)16-3/h4-6,9H,7-8,14H2,1-3H3. The van der Waals surface area contributed by atoms with Crippen molar-refractivity contribution in [2.45, 2.75) is 19.5 Å². The largest absolute Gasteiger partial charge is 0.496 e. The topological polar surface area (TPSA) is 38.5 Å². The van der Waals surface area contributed by atoms with Gasteiger partial charge in [0.1, 0.15) is 5.75 Å². The zero-order chi connectivity index (χ0) is 12.1. The van der Waals surface area contributed by atoms with Crippen LogP contribution in [-0.2, 0) is 6.54 Å². The van der Waals surface area contributed by atoms with Gasteiger partial charge in [-0.15, -0.1) is 0 Å². The summed E-state index contributed by atoms with van der Waals surface area (Å²) in [4.78, 5) is 2.19. The molecule has 0 fully saturated rings. The molecular weight excluding hydrogens is 268 g/mol. The highest BCUT2D eigenvalue weighted by molar-refractivity contribution is 9.10. The first-order valence-corrected chi connectivity index (χ1v) is 6.08. The first kappa shape index (κ1) is 13.5. The van der Waals surface area contributed by atoms with Crippen molar-refractivity contribution in [2.75, 3.05) is 20.7 Å². The molecule has 1 aromatic carbocycles. The van der Waals surface area contributed by atoms with E-state index >= 15 is 0 Å². The van der Waals surface area contributed by atoms with E-state index in [0.717, 1.165) is 23.3 Å². The molecule has 0 aliphatic rings. The predicted molar refractivity (Wildman–Crippen MR) is 70.7 cm³/mol. The molecule has 0 radical (unpaired) electrons. The third-order valence-electron chi connectivity index (χ3n) is 2.28. The van der Waals surface area contributed by atoms with Gasteiger partial charge in [-0.1, -0.05) is 15.9 Å². The molecule has 0 saturated heterocycles. The molecule has 2 N–H and O–H groups in total. The van der Waals surface area contributed by atoms with E-state index in [0.29, 0.717) is 0 Å². The van der Waals surface area contributed by atoms with Crippen molar-refractivity contribution in [3.05, 3.63) is 28.2 Å². The summed E-state index contributed by atoms with van der Waals surface area (Å²) in [5, 5.41) is 0. The quantitative estimate of drug-likeness (QED) is 0.902. The number of rotatable bonds is 5. The molecule has 0 aliphatic heterocycles. The maximum atomic E-state index is 5.77. The molecule has 0 bridgehead atoms. The van der Waals surface area contributed by atoms with Crippen molar-refractivity contribution in [2.24, 2.45) is 5.73 Å². The molecule has 0 aromatic heterocycles. The SMILES string of the molecule is COc1ccc(Br)cc1CN(C)CC(C)N. The van der Waals surface area contributed by atoms with Gasteiger partial charge in [-0.2, -0.15) is 0 Å². The summed E-state index contributed by atoms with van der Waals surface area (Å²) in [6.07, 6.45) is 0. The van der Waals surface area contributed by atoms with E-state index in [1.165, 1.54) is 5.56 Å². The minimum atomic E-state index is 0.183. The van der Waals surface area contributed by atoms with Crippen molar-refractivity contribution in [3.8, 4) is 5.75 Å². The second-order valence-corrected chi connectivity index (χ2v) is 5.05. The lowest BCUT2D eigenvalue weighted by molar-refractivity contribution is 0.302. The Morgan fingerprint density at radius 3 is 2.75 bits per heavy atom. The maximum Gasteiger partial charge on any atom is 0.123 e. The first-order valence-electron chi connectivity index (χ1n) is 5.29. The van der Waals surface area contributed by atoms with Gasteiger partial charge in [-0.05, 0) is 32.2 Å². The summed E-state index contributed by atoms with van der Waals surface area (Å²) in [6.45, 7) is 3.72. The average molecular weight is 287 g/mol. The van der Waals surface area contributed by atoms with Crippen molar-refractivity contribution in [1.29, 1.82) is 0 Å². The third kappa shape index (κ3) is 4.12. The minimum absolute atomic E-state index is 0.183. The second-order valence-electron chi connectivity index (χ2n) is 4.13. The van der Waals surface area contributed by atoms with E-state index in [1.807, 2.05) is 19.1 Å². The van der Waals surface area contributed by atoms with E-state index in [1.54, 1.807) is 7.11 Å². The fraction of sp³-hybridized carbons (Fsp3) is 0.500. The highest BCUT2D eigenvalue weighted by Crippen LogP contribution is 2.23. The number of ether oxygens (including phenoxy) is 1. The predicted octanol–water partition coefficient (Wildman–Crippen LogP) is 2.24. The van der Waals surface area contributed by atoms with Crippen LogP contribution in [0.2, 0.25) is 0 Å². The first-order chi connectivity index (χ1) is 7.52. The van der Waals surface area contributed by atoms with E-state index in [2.05, 4.69) is 33.9 Å². The van der Waals surface area contributed by atoms with Gasteiger partial charge in [0.25, 0.3) is 0 Å². The van der Waals surface area contributed by atoms with E-state index in [9.17, 15) is 0 Å². The molecule has 0 spiro atoms. The highest BCUT2D eigenvalue weighted by Gasteiger charge is 2.08. The Labute approximate surface area is 106 Å². The molecule has 4 heteroatoms. The Balaban J connectivity index is 2.74. The van der Waals surface area contributed by atoms with Crippen LogP contribution < -0.4 is 10.5 Å². The maximum absolute atomic E-state index is 5.77. The molecule has 1 unspecified atom stereocenters. The van der Waals surface area contributed by atoms with Crippen LogP contribution in [-0.4, -0.2) is 31.6 Å². The lowest BCUT2D eigenvalue weighted by Crippen LogP contribution is -2.32. The second kappa shape index (κ2) is 6.23. The van der Waals surface area contributed by atoms with Crippen molar-refractivity contribution in [3.63, 3.8) is 0 Å².